The van der Waals surface area contributed by atoms with Gasteiger partial charge in [-0.15, -0.1) is 0 Å². The zero-order chi connectivity index (χ0) is 14.1. The molecule has 0 radical (unpaired) electrons. The summed E-state index contributed by atoms with van der Waals surface area (Å²) in [6, 6.07) is 5.90. The van der Waals surface area contributed by atoms with Crippen molar-refractivity contribution < 1.29 is 14.3 Å². The van der Waals surface area contributed by atoms with E-state index in [-0.39, 0.29) is 10.8 Å². The zero-order valence-corrected chi connectivity index (χ0v) is 12.9. The third-order valence-corrected chi connectivity index (χ3v) is 3.20. The third-order valence-electron chi connectivity index (χ3n) is 2.83. The molecule has 0 fully saturated rings. The van der Waals surface area contributed by atoms with Crippen LogP contribution in [0, 0.1) is 0 Å². The second-order valence-electron chi connectivity index (χ2n) is 6.59. The van der Waals surface area contributed by atoms with E-state index in [0.29, 0.717) is 5.75 Å². The van der Waals surface area contributed by atoms with Gasteiger partial charge < -0.3 is 14.3 Å². The minimum Gasteiger partial charge on any atom is -0.427 e. The van der Waals surface area contributed by atoms with Gasteiger partial charge in [0.15, 0.2) is 0 Å². The molecule has 4 heteroatoms. The zero-order valence-electron chi connectivity index (χ0n) is 12.0. The van der Waals surface area contributed by atoms with E-state index in [4.69, 9.17) is 14.3 Å². The fraction of sp³-hybridized carbons (Fsp3) is 0.571. The normalized spacial score (nSPS) is 12.9. The van der Waals surface area contributed by atoms with E-state index < -0.39 is 8.60 Å². The molecule has 0 amide bonds. The fourth-order valence-corrected chi connectivity index (χ4v) is 1.91. The van der Waals surface area contributed by atoms with Crippen molar-refractivity contribution in [1.29, 1.82) is 0 Å². The van der Waals surface area contributed by atoms with Gasteiger partial charge >= 0.3 is 8.60 Å². The number of hydrogen-bond acceptors (Lipinski definition) is 3. The molecule has 1 aromatic carbocycles. The van der Waals surface area contributed by atoms with Crippen molar-refractivity contribution in [2.24, 2.45) is 0 Å². The molecule has 1 aromatic rings. The van der Waals surface area contributed by atoms with E-state index in [1.807, 2.05) is 12.1 Å². The summed E-state index contributed by atoms with van der Waals surface area (Å²) in [4.78, 5) is 18.0. The summed E-state index contributed by atoms with van der Waals surface area (Å²) in [5.41, 5.74) is 2.24. The van der Waals surface area contributed by atoms with Crippen molar-refractivity contribution in [2.45, 2.75) is 52.4 Å². The van der Waals surface area contributed by atoms with Crippen LogP contribution in [0.3, 0.4) is 0 Å². The van der Waals surface area contributed by atoms with Gasteiger partial charge in [-0.05, 0) is 34.1 Å². The molecule has 0 spiro atoms. The maximum absolute atomic E-state index is 8.99. The van der Waals surface area contributed by atoms with Gasteiger partial charge in [-0.25, -0.2) is 0 Å². The highest BCUT2D eigenvalue weighted by molar-refractivity contribution is 7.39. The standard InChI is InChI=1S/C14H23O3P/c1-13(2,3)10-7-11(14(4,5)6)9-12(8-10)17-18(15)16/h7-9,15-16H,1-6H3. The number of hydrogen-bond donors (Lipinski definition) is 2. The average molecular weight is 270 g/mol. The minimum atomic E-state index is -2.37. The van der Waals surface area contributed by atoms with Gasteiger partial charge in [0.05, 0.1) is 0 Å². The van der Waals surface area contributed by atoms with Crippen LogP contribution >= 0.6 is 8.60 Å². The molecular formula is C14H23O3P. The van der Waals surface area contributed by atoms with E-state index in [1.165, 1.54) is 0 Å². The molecule has 0 bridgehead atoms. The summed E-state index contributed by atoms with van der Waals surface area (Å²) in [7, 11) is -2.37. The Morgan fingerprint density at radius 3 is 1.50 bits per heavy atom. The summed E-state index contributed by atoms with van der Waals surface area (Å²) in [6.07, 6.45) is 0. The Kier molecular flexibility index (Phi) is 4.42. The topological polar surface area (TPSA) is 49.7 Å². The molecule has 102 valence electrons. The van der Waals surface area contributed by atoms with E-state index in [0.717, 1.165) is 11.1 Å². The van der Waals surface area contributed by atoms with Crippen LogP contribution in [-0.4, -0.2) is 9.79 Å². The monoisotopic (exact) mass is 270 g/mol. The van der Waals surface area contributed by atoms with Crippen LogP contribution in [0.5, 0.6) is 5.75 Å². The summed E-state index contributed by atoms with van der Waals surface area (Å²) in [5, 5.41) is 0. The molecule has 0 aliphatic rings. The molecule has 1 rings (SSSR count). The molecule has 18 heavy (non-hydrogen) atoms. The molecule has 0 unspecified atom stereocenters. The molecule has 0 heterocycles. The second kappa shape index (κ2) is 5.16. The fourth-order valence-electron chi connectivity index (χ4n) is 1.61. The molecular weight excluding hydrogens is 247 g/mol. The minimum absolute atomic E-state index is 0.00691. The van der Waals surface area contributed by atoms with E-state index in [9.17, 15) is 0 Å². The number of rotatable bonds is 2. The maximum Gasteiger partial charge on any atom is 0.391 e. The molecule has 0 saturated heterocycles. The highest BCUT2D eigenvalue weighted by Gasteiger charge is 2.21. The Bertz CT molecular complexity index is 382. The Hall–Kier alpha value is -0.630. The van der Waals surface area contributed by atoms with Crippen LogP contribution in [-0.2, 0) is 10.8 Å². The van der Waals surface area contributed by atoms with Gasteiger partial charge in [-0.2, -0.15) is 0 Å². The van der Waals surface area contributed by atoms with Crippen LogP contribution in [0.4, 0.5) is 0 Å². The van der Waals surface area contributed by atoms with Gasteiger partial charge in [-0.1, -0.05) is 47.6 Å². The highest BCUT2D eigenvalue weighted by Crippen LogP contribution is 2.36. The summed E-state index contributed by atoms with van der Waals surface area (Å²) in [6.45, 7) is 12.7. The first-order chi connectivity index (χ1) is 8.00. The summed E-state index contributed by atoms with van der Waals surface area (Å²) in [5.74, 6) is 0.517. The quantitative estimate of drug-likeness (QED) is 0.802. The Morgan fingerprint density at radius 1 is 0.833 bits per heavy atom. The Balaban J connectivity index is 3.29. The van der Waals surface area contributed by atoms with Gasteiger partial charge in [0, 0.05) is 0 Å². The van der Waals surface area contributed by atoms with E-state index >= 15 is 0 Å². The molecule has 0 aromatic heterocycles. The van der Waals surface area contributed by atoms with Crippen molar-refractivity contribution in [3.05, 3.63) is 29.3 Å². The van der Waals surface area contributed by atoms with Crippen molar-refractivity contribution >= 4 is 8.60 Å². The Morgan fingerprint density at radius 2 is 1.22 bits per heavy atom. The molecule has 0 atom stereocenters. The second-order valence-corrected chi connectivity index (χ2v) is 7.28. The van der Waals surface area contributed by atoms with Crippen LogP contribution in [0.25, 0.3) is 0 Å². The van der Waals surface area contributed by atoms with E-state index in [1.54, 1.807) is 0 Å². The van der Waals surface area contributed by atoms with Crippen molar-refractivity contribution in [3.8, 4) is 5.75 Å². The number of benzene rings is 1. The first-order valence-electron chi connectivity index (χ1n) is 6.02. The van der Waals surface area contributed by atoms with Crippen LogP contribution in [0.2, 0.25) is 0 Å². The molecule has 2 N–H and O–H groups in total. The predicted molar refractivity (Wildman–Crippen MR) is 75.8 cm³/mol. The average Bonchev–Trinajstić information content (AvgIpc) is 2.13. The third kappa shape index (κ3) is 4.24. The lowest BCUT2D eigenvalue weighted by Crippen LogP contribution is -2.16. The van der Waals surface area contributed by atoms with Crippen molar-refractivity contribution in [2.75, 3.05) is 0 Å². The highest BCUT2D eigenvalue weighted by atomic mass is 31.2. The van der Waals surface area contributed by atoms with Gasteiger partial charge in [0.25, 0.3) is 0 Å². The lowest BCUT2D eigenvalue weighted by Gasteiger charge is -2.26. The van der Waals surface area contributed by atoms with Crippen LogP contribution < -0.4 is 4.52 Å². The van der Waals surface area contributed by atoms with Gasteiger partial charge in [-0.3, -0.25) is 0 Å². The maximum atomic E-state index is 8.99. The first kappa shape index (κ1) is 15.4. The van der Waals surface area contributed by atoms with Gasteiger partial charge in [0.2, 0.25) is 0 Å². The smallest absolute Gasteiger partial charge is 0.391 e. The molecule has 0 saturated carbocycles. The Labute approximate surface area is 111 Å². The summed E-state index contributed by atoms with van der Waals surface area (Å²) >= 11 is 0. The molecule has 3 nitrogen and oxygen atoms in total. The van der Waals surface area contributed by atoms with Crippen molar-refractivity contribution in [3.63, 3.8) is 0 Å². The lowest BCUT2D eigenvalue weighted by molar-refractivity contribution is 0.374. The van der Waals surface area contributed by atoms with Crippen LogP contribution in [0.15, 0.2) is 18.2 Å². The lowest BCUT2D eigenvalue weighted by atomic mass is 9.80. The molecule has 0 aliphatic carbocycles. The summed E-state index contributed by atoms with van der Waals surface area (Å²) < 4.78 is 5.06. The predicted octanol–water partition coefficient (Wildman–Crippen LogP) is 3.87. The van der Waals surface area contributed by atoms with Crippen molar-refractivity contribution in [1.82, 2.24) is 0 Å². The first-order valence-corrected chi connectivity index (χ1v) is 7.18. The van der Waals surface area contributed by atoms with E-state index in [2.05, 4.69) is 47.6 Å². The van der Waals surface area contributed by atoms with Gasteiger partial charge in [0.1, 0.15) is 5.75 Å². The SMILES string of the molecule is CC(C)(C)c1cc(OP(O)O)cc(C(C)(C)C)c1. The largest absolute Gasteiger partial charge is 0.427 e. The van der Waals surface area contributed by atoms with Crippen LogP contribution in [0.1, 0.15) is 52.7 Å². The molecule has 0 aliphatic heterocycles.